The van der Waals surface area contributed by atoms with Gasteiger partial charge in [0.05, 0.1) is 26.4 Å². The van der Waals surface area contributed by atoms with Crippen LogP contribution in [0.3, 0.4) is 0 Å². The second kappa shape index (κ2) is 7.21. The molecular formula is C10H17NO6. The van der Waals surface area contributed by atoms with Crippen LogP contribution in [0.15, 0.2) is 0 Å². The molecule has 1 atom stereocenters. The molecule has 0 saturated carbocycles. The van der Waals surface area contributed by atoms with Gasteiger partial charge in [-0.25, -0.2) is 0 Å². The van der Waals surface area contributed by atoms with Crippen LogP contribution in [0.4, 0.5) is 0 Å². The van der Waals surface area contributed by atoms with Crippen molar-refractivity contribution in [2.45, 2.75) is 6.10 Å². The van der Waals surface area contributed by atoms with E-state index in [1.165, 1.54) is 12.0 Å². The van der Waals surface area contributed by atoms with Crippen molar-refractivity contribution >= 4 is 11.9 Å². The maximum absolute atomic E-state index is 11.9. The monoisotopic (exact) mass is 247 g/mol. The summed E-state index contributed by atoms with van der Waals surface area (Å²) in [5.74, 6) is -1.43. The Labute approximate surface area is 99.2 Å². The fraction of sp³-hybridized carbons (Fsp3) is 0.800. The minimum Gasteiger partial charge on any atom is -0.480 e. The number of ether oxygens (including phenoxy) is 3. The third-order valence-electron chi connectivity index (χ3n) is 2.29. The average molecular weight is 247 g/mol. The Balaban J connectivity index is 2.53. The standard InChI is InChI=1S/C10H17NO6/c1-15-3-2-11(6-9(12)13)10(14)8-7-16-4-5-17-8/h8H,2-7H2,1H3,(H,12,13). The normalized spacial score (nSPS) is 19.9. The second-order valence-corrected chi connectivity index (χ2v) is 3.58. The highest BCUT2D eigenvalue weighted by Gasteiger charge is 2.28. The SMILES string of the molecule is COCCN(CC(=O)O)C(=O)C1COCCO1. The van der Waals surface area contributed by atoms with Crippen molar-refractivity contribution < 1.29 is 28.9 Å². The lowest BCUT2D eigenvalue weighted by atomic mass is 10.3. The second-order valence-electron chi connectivity index (χ2n) is 3.58. The summed E-state index contributed by atoms with van der Waals surface area (Å²) in [6.45, 7) is 1.13. The Bertz CT molecular complexity index is 264. The molecule has 1 fully saturated rings. The van der Waals surface area contributed by atoms with Gasteiger partial charge in [-0.3, -0.25) is 9.59 Å². The predicted molar refractivity (Wildman–Crippen MR) is 56.7 cm³/mol. The van der Waals surface area contributed by atoms with Gasteiger partial charge in [0, 0.05) is 13.7 Å². The molecule has 1 saturated heterocycles. The molecule has 0 aromatic heterocycles. The van der Waals surface area contributed by atoms with Gasteiger partial charge in [0.2, 0.25) is 0 Å². The fourth-order valence-electron chi connectivity index (χ4n) is 1.47. The first-order valence-corrected chi connectivity index (χ1v) is 5.34. The lowest BCUT2D eigenvalue weighted by Crippen LogP contribution is -2.48. The van der Waals surface area contributed by atoms with E-state index < -0.39 is 12.1 Å². The number of hydrogen-bond acceptors (Lipinski definition) is 5. The number of rotatable bonds is 6. The topological polar surface area (TPSA) is 85.3 Å². The van der Waals surface area contributed by atoms with Crippen LogP contribution >= 0.6 is 0 Å². The van der Waals surface area contributed by atoms with E-state index in [9.17, 15) is 9.59 Å². The molecule has 1 N–H and O–H groups in total. The zero-order valence-electron chi connectivity index (χ0n) is 9.76. The van der Waals surface area contributed by atoms with E-state index in [0.717, 1.165) is 0 Å². The third-order valence-corrected chi connectivity index (χ3v) is 2.29. The summed E-state index contributed by atoms with van der Waals surface area (Å²) in [5.41, 5.74) is 0. The molecule has 7 heteroatoms. The van der Waals surface area contributed by atoms with Crippen molar-refractivity contribution in [1.82, 2.24) is 4.90 Å². The van der Waals surface area contributed by atoms with Crippen LogP contribution < -0.4 is 0 Å². The fourth-order valence-corrected chi connectivity index (χ4v) is 1.47. The molecule has 1 heterocycles. The molecule has 1 aliphatic heterocycles. The number of carboxylic acids is 1. The molecule has 1 unspecified atom stereocenters. The minimum atomic E-state index is -1.06. The first-order chi connectivity index (χ1) is 8.15. The van der Waals surface area contributed by atoms with Crippen molar-refractivity contribution in [1.29, 1.82) is 0 Å². The van der Waals surface area contributed by atoms with E-state index >= 15 is 0 Å². The summed E-state index contributed by atoms with van der Waals surface area (Å²) in [6.07, 6.45) is -0.708. The molecule has 0 aromatic carbocycles. The number of nitrogens with zero attached hydrogens (tertiary/aromatic N) is 1. The maximum atomic E-state index is 11.9. The molecule has 0 aromatic rings. The first kappa shape index (κ1) is 13.9. The summed E-state index contributed by atoms with van der Waals surface area (Å²) >= 11 is 0. The molecule has 17 heavy (non-hydrogen) atoms. The number of carbonyl (C=O) groups is 2. The average Bonchev–Trinajstić information content (AvgIpc) is 2.34. The van der Waals surface area contributed by atoms with Gasteiger partial charge in [-0.1, -0.05) is 0 Å². The first-order valence-electron chi connectivity index (χ1n) is 5.34. The van der Waals surface area contributed by atoms with Gasteiger partial charge >= 0.3 is 5.97 Å². The van der Waals surface area contributed by atoms with Crippen LogP contribution in [0, 0.1) is 0 Å². The van der Waals surface area contributed by atoms with Crippen LogP contribution in [-0.2, 0) is 23.8 Å². The Hall–Kier alpha value is -1.18. The molecule has 1 aliphatic rings. The Morgan fingerprint density at radius 3 is 2.76 bits per heavy atom. The van der Waals surface area contributed by atoms with Gasteiger partial charge < -0.3 is 24.2 Å². The van der Waals surface area contributed by atoms with Gasteiger partial charge in [-0.05, 0) is 0 Å². The highest BCUT2D eigenvalue weighted by molar-refractivity contribution is 5.84. The van der Waals surface area contributed by atoms with Crippen molar-refractivity contribution in [2.75, 3.05) is 46.6 Å². The van der Waals surface area contributed by atoms with Crippen molar-refractivity contribution in [2.24, 2.45) is 0 Å². The molecular weight excluding hydrogens is 230 g/mol. The van der Waals surface area contributed by atoms with Crippen molar-refractivity contribution in [3.05, 3.63) is 0 Å². The number of methoxy groups -OCH3 is 1. The van der Waals surface area contributed by atoms with Crippen molar-refractivity contribution in [3.8, 4) is 0 Å². The molecule has 98 valence electrons. The molecule has 1 rings (SSSR count). The Kier molecular flexibility index (Phi) is 5.88. The summed E-state index contributed by atoms with van der Waals surface area (Å²) in [5, 5.41) is 8.72. The quantitative estimate of drug-likeness (QED) is 0.645. The van der Waals surface area contributed by atoms with E-state index in [1.54, 1.807) is 0 Å². The Morgan fingerprint density at radius 1 is 1.47 bits per heavy atom. The lowest BCUT2D eigenvalue weighted by molar-refractivity contribution is -0.162. The molecule has 7 nitrogen and oxygen atoms in total. The third kappa shape index (κ3) is 4.68. The minimum absolute atomic E-state index is 0.169. The Morgan fingerprint density at radius 2 is 2.24 bits per heavy atom. The smallest absolute Gasteiger partial charge is 0.323 e. The number of carbonyl (C=O) groups excluding carboxylic acids is 1. The van der Waals surface area contributed by atoms with Crippen LogP contribution in [0.2, 0.25) is 0 Å². The number of carboxylic acid groups (broad SMARTS) is 1. The number of hydrogen-bond donors (Lipinski definition) is 1. The van der Waals surface area contributed by atoms with Gasteiger partial charge in [-0.2, -0.15) is 0 Å². The van der Waals surface area contributed by atoms with Gasteiger partial charge in [0.15, 0.2) is 6.10 Å². The zero-order valence-corrected chi connectivity index (χ0v) is 9.76. The van der Waals surface area contributed by atoms with E-state index in [-0.39, 0.29) is 32.2 Å². The zero-order chi connectivity index (χ0) is 12.7. The van der Waals surface area contributed by atoms with Gasteiger partial charge in [0.1, 0.15) is 6.54 Å². The molecule has 0 spiro atoms. The molecule has 0 bridgehead atoms. The van der Waals surface area contributed by atoms with E-state index in [2.05, 4.69) is 0 Å². The number of amides is 1. The van der Waals surface area contributed by atoms with Gasteiger partial charge in [0.25, 0.3) is 5.91 Å². The highest BCUT2D eigenvalue weighted by atomic mass is 16.6. The largest absolute Gasteiger partial charge is 0.480 e. The maximum Gasteiger partial charge on any atom is 0.323 e. The summed E-state index contributed by atoms with van der Waals surface area (Å²) in [6, 6.07) is 0. The predicted octanol–water partition coefficient (Wildman–Crippen LogP) is -1.04. The highest BCUT2D eigenvalue weighted by Crippen LogP contribution is 2.05. The van der Waals surface area contributed by atoms with Gasteiger partial charge in [-0.15, -0.1) is 0 Å². The summed E-state index contributed by atoms with van der Waals surface area (Å²) in [7, 11) is 1.49. The van der Waals surface area contributed by atoms with Crippen LogP contribution in [-0.4, -0.2) is 74.6 Å². The molecule has 0 radical (unpaired) electrons. The van der Waals surface area contributed by atoms with E-state index in [1.807, 2.05) is 0 Å². The lowest BCUT2D eigenvalue weighted by Gasteiger charge is -2.28. The summed E-state index contributed by atoms with van der Waals surface area (Å²) in [4.78, 5) is 23.8. The van der Waals surface area contributed by atoms with E-state index in [0.29, 0.717) is 13.2 Å². The summed E-state index contributed by atoms with van der Waals surface area (Å²) < 4.78 is 15.2. The van der Waals surface area contributed by atoms with E-state index in [4.69, 9.17) is 19.3 Å². The number of aliphatic carboxylic acids is 1. The van der Waals surface area contributed by atoms with Crippen LogP contribution in [0.25, 0.3) is 0 Å². The van der Waals surface area contributed by atoms with Crippen molar-refractivity contribution in [3.63, 3.8) is 0 Å². The molecule has 0 aliphatic carbocycles. The van der Waals surface area contributed by atoms with Crippen LogP contribution in [0.1, 0.15) is 0 Å². The van der Waals surface area contributed by atoms with Crippen LogP contribution in [0.5, 0.6) is 0 Å². The molecule has 1 amide bonds.